The minimum atomic E-state index is -0.0497. The highest BCUT2D eigenvalue weighted by molar-refractivity contribution is 4.95. The summed E-state index contributed by atoms with van der Waals surface area (Å²) in [7, 11) is 3.51. The Labute approximate surface area is 135 Å². The van der Waals surface area contributed by atoms with Crippen molar-refractivity contribution in [3.8, 4) is 0 Å². The van der Waals surface area contributed by atoms with Gasteiger partial charge in [0.15, 0.2) is 0 Å². The Morgan fingerprint density at radius 1 is 1.35 bits per heavy atom. The first-order valence-corrected chi connectivity index (χ1v) is 8.32. The van der Waals surface area contributed by atoms with E-state index >= 15 is 0 Å². The van der Waals surface area contributed by atoms with Gasteiger partial charge >= 0.3 is 5.69 Å². The third kappa shape index (κ3) is 3.69. The Balaban J connectivity index is 1.59. The number of aryl methyl sites for hydroxylation is 1. The van der Waals surface area contributed by atoms with Gasteiger partial charge in [-0.15, -0.1) is 0 Å². The van der Waals surface area contributed by atoms with E-state index in [-0.39, 0.29) is 5.69 Å². The lowest BCUT2D eigenvalue weighted by atomic mass is 9.82. The van der Waals surface area contributed by atoms with Crippen LogP contribution >= 0.6 is 0 Å². The number of nitrogens with one attached hydrogen (secondary N) is 2. The first kappa shape index (κ1) is 15.9. The number of rotatable bonds is 6. The van der Waals surface area contributed by atoms with Gasteiger partial charge in [-0.1, -0.05) is 12.8 Å². The van der Waals surface area contributed by atoms with Gasteiger partial charge < -0.3 is 5.32 Å². The summed E-state index contributed by atoms with van der Waals surface area (Å²) in [6.45, 7) is 0.898. The molecule has 2 aromatic rings. The van der Waals surface area contributed by atoms with E-state index in [2.05, 4.69) is 25.8 Å². The van der Waals surface area contributed by atoms with Crippen LogP contribution in [0.1, 0.15) is 37.2 Å². The fourth-order valence-corrected chi connectivity index (χ4v) is 3.47. The molecule has 8 nitrogen and oxygen atoms in total. The average Bonchev–Trinajstić information content (AvgIpc) is 3.14. The van der Waals surface area contributed by atoms with E-state index in [0.29, 0.717) is 12.0 Å². The predicted molar refractivity (Wildman–Crippen MR) is 86.0 cm³/mol. The van der Waals surface area contributed by atoms with Crippen molar-refractivity contribution in [2.45, 2.75) is 44.6 Å². The molecule has 2 aromatic heterocycles. The molecule has 1 fully saturated rings. The van der Waals surface area contributed by atoms with Crippen molar-refractivity contribution in [3.63, 3.8) is 0 Å². The van der Waals surface area contributed by atoms with Gasteiger partial charge in [-0.25, -0.2) is 9.48 Å². The van der Waals surface area contributed by atoms with E-state index in [1.54, 1.807) is 24.9 Å². The largest absolute Gasteiger partial charge is 0.345 e. The summed E-state index contributed by atoms with van der Waals surface area (Å²) in [5.41, 5.74) is 0.934. The highest BCUT2D eigenvalue weighted by Gasteiger charge is 2.26. The maximum atomic E-state index is 11.8. The van der Waals surface area contributed by atoms with Crippen LogP contribution in [0.3, 0.4) is 0 Å². The van der Waals surface area contributed by atoms with Crippen LogP contribution in [0.25, 0.3) is 0 Å². The van der Waals surface area contributed by atoms with E-state index in [0.717, 1.165) is 30.9 Å². The number of aromatic nitrogens is 6. The highest BCUT2D eigenvalue weighted by Crippen LogP contribution is 2.26. The molecule has 1 saturated carbocycles. The second-order valence-corrected chi connectivity index (χ2v) is 6.40. The first-order chi connectivity index (χ1) is 11.1. The van der Waals surface area contributed by atoms with Gasteiger partial charge in [0.2, 0.25) is 0 Å². The van der Waals surface area contributed by atoms with E-state index < -0.39 is 0 Å². The predicted octanol–water partition coefficient (Wildman–Crippen LogP) is 0.171. The third-order valence-corrected chi connectivity index (χ3v) is 4.82. The summed E-state index contributed by atoms with van der Waals surface area (Å²) >= 11 is 0. The van der Waals surface area contributed by atoms with E-state index in [1.165, 1.54) is 30.4 Å². The van der Waals surface area contributed by atoms with E-state index in [1.807, 2.05) is 0 Å². The van der Waals surface area contributed by atoms with E-state index in [4.69, 9.17) is 0 Å². The molecule has 23 heavy (non-hydrogen) atoms. The molecule has 0 aliphatic heterocycles. The van der Waals surface area contributed by atoms with Crippen LogP contribution < -0.4 is 11.0 Å². The average molecular weight is 319 g/mol. The zero-order valence-electron chi connectivity index (χ0n) is 13.8. The molecule has 2 N–H and O–H groups in total. The van der Waals surface area contributed by atoms with Crippen LogP contribution in [0, 0.1) is 5.92 Å². The minimum Gasteiger partial charge on any atom is -0.313 e. The van der Waals surface area contributed by atoms with Crippen LogP contribution in [0.2, 0.25) is 0 Å². The first-order valence-electron chi connectivity index (χ1n) is 8.32. The number of H-pyrrole nitrogens is 1. The molecule has 2 heterocycles. The Hall–Kier alpha value is -1.96. The molecule has 3 rings (SSSR count). The second-order valence-electron chi connectivity index (χ2n) is 6.40. The Bertz CT molecular complexity index is 673. The molecule has 1 aliphatic carbocycles. The van der Waals surface area contributed by atoms with Crippen molar-refractivity contribution >= 4 is 0 Å². The zero-order valence-corrected chi connectivity index (χ0v) is 13.8. The van der Waals surface area contributed by atoms with Gasteiger partial charge in [0, 0.05) is 39.5 Å². The summed E-state index contributed by atoms with van der Waals surface area (Å²) in [5, 5.41) is 18.6. The fourth-order valence-electron chi connectivity index (χ4n) is 3.47. The summed E-state index contributed by atoms with van der Waals surface area (Å²) in [4.78, 5) is 11.8. The van der Waals surface area contributed by atoms with Crippen molar-refractivity contribution in [2.24, 2.45) is 20.0 Å². The number of hydrogen-bond acceptors (Lipinski definition) is 5. The molecule has 0 aromatic carbocycles. The molecule has 8 heteroatoms. The van der Waals surface area contributed by atoms with E-state index in [9.17, 15) is 4.79 Å². The lowest BCUT2D eigenvalue weighted by molar-refractivity contribution is 0.257. The molecular weight excluding hydrogens is 294 g/mol. The normalized spacial score (nSPS) is 21.7. The SMILES string of the molecule is Cn1nc(C[C@H]2CCCC[C@H]2NCCc2cn[nH]n2)n(C)c1=O. The molecule has 0 unspecified atom stereocenters. The maximum absolute atomic E-state index is 11.8. The van der Waals surface area contributed by atoms with Crippen molar-refractivity contribution in [3.05, 3.63) is 28.2 Å². The quantitative estimate of drug-likeness (QED) is 0.792. The molecule has 0 amide bonds. The lowest BCUT2D eigenvalue weighted by Gasteiger charge is -2.32. The van der Waals surface area contributed by atoms with Gasteiger partial charge in [-0.2, -0.15) is 20.5 Å². The standard InChI is InChI=1S/C15H25N7O/c1-21-14(19-22(2)15(21)23)9-11-5-3-4-6-13(11)16-8-7-12-10-17-20-18-12/h10-11,13,16H,3-9H2,1-2H3,(H,17,18,20)/t11-,13-/m1/s1. The zero-order chi connectivity index (χ0) is 16.2. The van der Waals surface area contributed by atoms with Gasteiger partial charge in [-0.05, 0) is 18.8 Å². The van der Waals surface area contributed by atoms with Crippen molar-refractivity contribution in [2.75, 3.05) is 6.54 Å². The summed E-state index contributed by atoms with van der Waals surface area (Å²) in [6, 6.07) is 0.479. The second kappa shape index (κ2) is 7.08. The number of hydrogen-bond donors (Lipinski definition) is 2. The van der Waals surface area contributed by atoms with Crippen LogP contribution in [0.4, 0.5) is 0 Å². The number of nitrogens with zero attached hydrogens (tertiary/aromatic N) is 5. The monoisotopic (exact) mass is 319 g/mol. The van der Waals surface area contributed by atoms with Crippen molar-refractivity contribution < 1.29 is 0 Å². The van der Waals surface area contributed by atoms with Crippen LogP contribution in [0.15, 0.2) is 11.0 Å². The van der Waals surface area contributed by atoms with Crippen LogP contribution in [-0.4, -0.2) is 42.3 Å². The Kier molecular flexibility index (Phi) is 4.90. The molecule has 2 atom stereocenters. The smallest absolute Gasteiger partial charge is 0.313 e. The molecule has 0 bridgehead atoms. The molecule has 126 valence electrons. The maximum Gasteiger partial charge on any atom is 0.345 e. The number of aromatic amines is 1. The van der Waals surface area contributed by atoms with Crippen LogP contribution in [0.5, 0.6) is 0 Å². The van der Waals surface area contributed by atoms with Crippen LogP contribution in [-0.2, 0) is 26.9 Å². The summed E-state index contributed by atoms with van der Waals surface area (Å²) in [5.74, 6) is 1.41. The molecule has 0 saturated heterocycles. The molecule has 0 spiro atoms. The lowest BCUT2D eigenvalue weighted by Crippen LogP contribution is -2.41. The minimum absolute atomic E-state index is 0.0497. The topological polar surface area (TPSA) is 93.4 Å². The fraction of sp³-hybridized carbons (Fsp3) is 0.733. The molecular formula is C15H25N7O. The molecule has 0 radical (unpaired) electrons. The highest BCUT2D eigenvalue weighted by atomic mass is 16.2. The Morgan fingerprint density at radius 3 is 2.87 bits per heavy atom. The van der Waals surface area contributed by atoms with Gasteiger partial charge in [0.05, 0.1) is 11.9 Å². The summed E-state index contributed by atoms with van der Waals surface area (Å²) < 4.78 is 3.09. The van der Waals surface area contributed by atoms with Gasteiger partial charge in [0.1, 0.15) is 5.82 Å². The van der Waals surface area contributed by atoms with Gasteiger partial charge in [0.25, 0.3) is 0 Å². The van der Waals surface area contributed by atoms with Gasteiger partial charge in [-0.3, -0.25) is 4.57 Å². The van der Waals surface area contributed by atoms with Crippen molar-refractivity contribution in [1.82, 2.24) is 35.1 Å². The molecule has 1 aliphatic rings. The Morgan fingerprint density at radius 2 is 2.17 bits per heavy atom. The van der Waals surface area contributed by atoms with Crippen molar-refractivity contribution in [1.29, 1.82) is 0 Å². The summed E-state index contributed by atoms with van der Waals surface area (Å²) in [6.07, 6.45) is 8.39. The third-order valence-electron chi connectivity index (χ3n) is 4.82.